The summed E-state index contributed by atoms with van der Waals surface area (Å²) in [4.78, 5) is 14.0. The van der Waals surface area contributed by atoms with Crippen molar-refractivity contribution in [2.75, 3.05) is 25.6 Å². The minimum atomic E-state index is 0.142. The van der Waals surface area contributed by atoms with Gasteiger partial charge in [-0.25, -0.2) is 0 Å². The Hall–Kier alpha value is -0.680. The van der Waals surface area contributed by atoms with E-state index in [1.165, 1.54) is 0 Å². The van der Waals surface area contributed by atoms with Crippen molar-refractivity contribution in [2.24, 2.45) is 0 Å². The number of hydrogen-bond donors (Lipinski definition) is 1. The van der Waals surface area contributed by atoms with Crippen LogP contribution in [-0.4, -0.2) is 30.7 Å². The van der Waals surface area contributed by atoms with Gasteiger partial charge in [-0.05, 0) is 18.2 Å². The van der Waals surface area contributed by atoms with Gasteiger partial charge in [0.1, 0.15) is 0 Å². The van der Waals surface area contributed by atoms with Crippen LogP contribution in [0.1, 0.15) is 6.42 Å². The van der Waals surface area contributed by atoms with Gasteiger partial charge in [0.25, 0.3) is 0 Å². The zero-order valence-electron chi connectivity index (χ0n) is 9.37. The molecule has 5 heteroatoms. The van der Waals surface area contributed by atoms with Crippen molar-refractivity contribution in [2.45, 2.75) is 11.3 Å². The predicted octanol–water partition coefficient (Wildman–Crippen LogP) is 2.60. The fourth-order valence-electron chi connectivity index (χ4n) is 1.12. The number of carbonyl (C=O) groups is 1. The number of thioether (sulfide) groups is 1. The van der Waals surface area contributed by atoms with Crippen LogP contribution in [-0.2, 0) is 4.79 Å². The molecule has 0 unspecified atom stereocenters. The molecule has 0 saturated carbocycles. The molecule has 0 aliphatic heterocycles. The number of nitrogens with zero attached hydrogens (tertiary/aromatic N) is 1. The van der Waals surface area contributed by atoms with Crippen molar-refractivity contribution in [3.63, 3.8) is 0 Å². The minimum absolute atomic E-state index is 0.142. The van der Waals surface area contributed by atoms with Crippen LogP contribution in [0.4, 0.5) is 5.69 Å². The van der Waals surface area contributed by atoms with Gasteiger partial charge in [0.15, 0.2) is 0 Å². The molecule has 0 fully saturated rings. The summed E-state index contributed by atoms with van der Waals surface area (Å²) in [6.45, 7) is 0. The Kier molecular flexibility index (Phi) is 5.15. The van der Waals surface area contributed by atoms with Crippen LogP contribution in [0, 0.1) is 0 Å². The Bertz CT molecular complexity index is 382. The molecule has 0 spiro atoms. The Morgan fingerprint density at radius 1 is 1.50 bits per heavy atom. The molecule has 16 heavy (non-hydrogen) atoms. The molecule has 88 valence electrons. The van der Waals surface area contributed by atoms with E-state index in [-0.39, 0.29) is 5.91 Å². The highest BCUT2D eigenvalue weighted by molar-refractivity contribution is 9.10. The van der Waals surface area contributed by atoms with E-state index in [1.54, 1.807) is 30.8 Å². The van der Waals surface area contributed by atoms with Crippen molar-refractivity contribution in [1.29, 1.82) is 0 Å². The fraction of sp³-hybridized carbons (Fsp3) is 0.364. The van der Waals surface area contributed by atoms with Gasteiger partial charge < -0.3 is 10.6 Å². The SMILES string of the molecule is CN(C)C(=O)CCSc1ccc(Br)cc1N. The summed E-state index contributed by atoms with van der Waals surface area (Å²) in [5.41, 5.74) is 6.60. The molecule has 0 aliphatic carbocycles. The molecular formula is C11H15BrN2OS. The summed E-state index contributed by atoms with van der Waals surface area (Å²) in [5, 5.41) is 0. The minimum Gasteiger partial charge on any atom is -0.398 e. The molecule has 0 aliphatic rings. The number of halogens is 1. The first kappa shape index (κ1) is 13.4. The van der Waals surface area contributed by atoms with Gasteiger partial charge in [-0.1, -0.05) is 15.9 Å². The molecule has 3 nitrogen and oxygen atoms in total. The number of nitrogen functional groups attached to an aromatic ring is 1. The fourth-order valence-corrected chi connectivity index (χ4v) is 2.39. The molecule has 0 atom stereocenters. The van der Waals surface area contributed by atoms with Crippen molar-refractivity contribution < 1.29 is 4.79 Å². The lowest BCUT2D eigenvalue weighted by molar-refractivity contribution is -0.128. The second kappa shape index (κ2) is 6.15. The lowest BCUT2D eigenvalue weighted by Crippen LogP contribution is -2.21. The third-order valence-electron chi connectivity index (χ3n) is 2.04. The first-order chi connectivity index (χ1) is 7.50. The van der Waals surface area contributed by atoms with E-state index in [0.29, 0.717) is 6.42 Å². The first-order valence-electron chi connectivity index (χ1n) is 4.88. The van der Waals surface area contributed by atoms with Crippen LogP contribution >= 0.6 is 27.7 Å². The molecule has 0 bridgehead atoms. The Balaban J connectivity index is 2.46. The normalized spacial score (nSPS) is 10.2. The summed E-state index contributed by atoms with van der Waals surface area (Å²) in [7, 11) is 3.53. The van der Waals surface area contributed by atoms with Crippen molar-refractivity contribution in [3.8, 4) is 0 Å². The maximum atomic E-state index is 11.3. The van der Waals surface area contributed by atoms with E-state index in [1.807, 2.05) is 18.2 Å². The lowest BCUT2D eigenvalue weighted by Gasteiger charge is -2.10. The molecule has 1 amide bonds. The largest absolute Gasteiger partial charge is 0.398 e. The van der Waals surface area contributed by atoms with Gasteiger partial charge in [-0.15, -0.1) is 11.8 Å². The number of carbonyl (C=O) groups excluding carboxylic acids is 1. The highest BCUT2D eigenvalue weighted by Gasteiger charge is 2.05. The van der Waals surface area contributed by atoms with Gasteiger partial charge in [0.05, 0.1) is 0 Å². The molecule has 0 heterocycles. The number of rotatable bonds is 4. The van der Waals surface area contributed by atoms with Crippen LogP contribution in [0.15, 0.2) is 27.6 Å². The number of benzene rings is 1. The summed E-state index contributed by atoms with van der Waals surface area (Å²) < 4.78 is 0.971. The third-order valence-corrected chi connectivity index (χ3v) is 3.63. The molecular weight excluding hydrogens is 288 g/mol. The topological polar surface area (TPSA) is 46.3 Å². The number of hydrogen-bond acceptors (Lipinski definition) is 3. The predicted molar refractivity (Wildman–Crippen MR) is 72.6 cm³/mol. The van der Waals surface area contributed by atoms with Crippen LogP contribution in [0.2, 0.25) is 0 Å². The van der Waals surface area contributed by atoms with E-state index >= 15 is 0 Å². The van der Waals surface area contributed by atoms with Gasteiger partial charge in [-0.3, -0.25) is 4.79 Å². The van der Waals surface area contributed by atoms with E-state index in [9.17, 15) is 4.79 Å². The van der Waals surface area contributed by atoms with Gasteiger partial charge in [0, 0.05) is 41.3 Å². The number of amides is 1. The average Bonchev–Trinajstić information content (AvgIpc) is 2.20. The smallest absolute Gasteiger partial charge is 0.222 e. The van der Waals surface area contributed by atoms with E-state index in [2.05, 4.69) is 15.9 Å². The van der Waals surface area contributed by atoms with Crippen LogP contribution in [0.5, 0.6) is 0 Å². The summed E-state index contributed by atoms with van der Waals surface area (Å²) in [5.74, 6) is 0.895. The number of nitrogens with two attached hydrogens (primary N) is 1. The molecule has 2 N–H and O–H groups in total. The van der Waals surface area contributed by atoms with Crippen LogP contribution in [0.3, 0.4) is 0 Å². The van der Waals surface area contributed by atoms with E-state index < -0.39 is 0 Å². The highest BCUT2D eigenvalue weighted by atomic mass is 79.9. The standard InChI is InChI=1S/C11H15BrN2OS/c1-14(2)11(15)5-6-16-10-4-3-8(12)7-9(10)13/h3-4,7H,5-6,13H2,1-2H3. The molecule has 1 aromatic rings. The average molecular weight is 303 g/mol. The maximum Gasteiger partial charge on any atom is 0.222 e. The Morgan fingerprint density at radius 2 is 2.19 bits per heavy atom. The first-order valence-corrected chi connectivity index (χ1v) is 6.66. The Labute approximate surface area is 109 Å². The van der Waals surface area contributed by atoms with Gasteiger partial charge in [0.2, 0.25) is 5.91 Å². The second-order valence-corrected chi connectivity index (χ2v) is 5.62. The summed E-state index contributed by atoms with van der Waals surface area (Å²) in [6, 6.07) is 5.78. The third kappa shape index (κ3) is 4.06. The molecule has 1 aromatic carbocycles. The molecule has 1 rings (SSSR count). The molecule has 0 aromatic heterocycles. The monoisotopic (exact) mass is 302 g/mol. The lowest BCUT2D eigenvalue weighted by atomic mass is 10.3. The van der Waals surface area contributed by atoms with Crippen LogP contribution in [0.25, 0.3) is 0 Å². The summed E-state index contributed by atoms with van der Waals surface area (Å²) in [6.07, 6.45) is 0.535. The molecule has 0 saturated heterocycles. The van der Waals surface area contributed by atoms with Crippen molar-refractivity contribution in [3.05, 3.63) is 22.7 Å². The Morgan fingerprint density at radius 3 is 2.75 bits per heavy atom. The van der Waals surface area contributed by atoms with Crippen LogP contribution < -0.4 is 5.73 Å². The van der Waals surface area contributed by atoms with E-state index in [0.717, 1.165) is 20.8 Å². The zero-order valence-corrected chi connectivity index (χ0v) is 11.8. The molecule has 0 radical (unpaired) electrons. The van der Waals surface area contributed by atoms with Crippen molar-refractivity contribution in [1.82, 2.24) is 4.90 Å². The summed E-state index contributed by atoms with van der Waals surface area (Å²) >= 11 is 4.96. The van der Waals surface area contributed by atoms with E-state index in [4.69, 9.17) is 5.73 Å². The second-order valence-electron chi connectivity index (χ2n) is 3.57. The van der Waals surface area contributed by atoms with Crippen molar-refractivity contribution >= 4 is 39.3 Å². The van der Waals surface area contributed by atoms with Gasteiger partial charge in [-0.2, -0.15) is 0 Å². The van der Waals surface area contributed by atoms with Gasteiger partial charge >= 0.3 is 0 Å². The maximum absolute atomic E-state index is 11.3. The zero-order chi connectivity index (χ0) is 12.1. The quantitative estimate of drug-likeness (QED) is 0.687. The number of anilines is 1. The highest BCUT2D eigenvalue weighted by Crippen LogP contribution is 2.28.